The van der Waals surface area contributed by atoms with Gasteiger partial charge < -0.3 is 14.2 Å². The molecular formula is C62H69BN2O. The average molecular weight is 874 g/mol. The van der Waals surface area contributed by atoms with E-state index in [2.05, 4.69) is 186 Å². The first-order valence-corrected chi connectivity index (χ1v) is 24.5. The molecule has 336 valence electrons. The molecule has 6 aromatic carbocycles. The van der Waals surface area contributed by atoms with Crippen molar-refractivity contribution in [2.24, 2.45) is 0 Å². The van der Waals surface area contributed by atoms with Crippen LogP contribution in [0.1, 0.15) is 167 Å². The topological polar surface area (TPSA) is 19.6 Å². The largest absolute Gasteiger partial charge is 0.468 e. The van der Waals surface area contributed by atoms with Gasteiger partial charge in [0.25, 0.3) is 6.71 Å². The van der Waals surface area contributed by atoms with E-state index < -0.39 is 6.04 Å². The molecule has 66 heavy (non-hydrogen) atoms. The number of furan rings is 1. The van der Waals surface area contributed by atoms with Gasteiger partial charge in [-0.05, 0) is 176 Å². The lowest BCUT2D eigenvalue weighted by atomic mass is 9.35. The zero-order valence-electron chi connectivity index (χ0n) is 46.8. The highest BCUT2D eigenvalue weighted by molar-refractivity contribution is 7.00. The first-order chi connectivity index (χ1) is 33.1. The normalized spacial score (nSPS) is 19.5. The minimum Gasteiger partial charge on any atom is -0.468 e. The molecule has 0 spiro atoms. The third kappa shape index (κ3) is 6.43. The zero-order chi connectivity index (χ0) is 51.0. The van der Waals surface area contributed by atoms with E-state index in [1.165, 1.54) is 27.8 Å². The van der Waals surface area contributed by atoms with Gasteiger partial charge in [-0.15, -0.1) is 0 Å². The van der Waals surface area contributed by atoms with Crippen LogP contribution in [0.15, 0.2) is 113 Å². The molecule has 0 saturated heterocycles. The summed E-state index contributed by atoms with van der Waals surface area (Å²) >= 11 is 0. The van der Waals surface area contributed by atoms with Crippen LogP contribution in [0.25, 0.3) is 22.1 Å². The number of anilines is 6. The molecule has 0 saturated carbocycles. The lowest BCUT2D eigenvalue weighted by Gasteiger charge is -2.45. The third-order valence-electron chi connectivity index (χ3n) is 16.4. The monoisotopic (exact) mass is 874 g/mol. The summed E-state index contributed by atoms with van der Waals surface area (Å²) < 4.78 is 52.7. The molecule has 3 heterocycles. The molecule has 11 rings (SSSR count). The third-order valence-corrected chi connectivity index (χ3v) is 16.4. The molecule has 0 atom stereocenters. The maximum absolute atomic E-state index is 9.40. The Kier molecular flexibility index (Phi) is 8.13. The van der Waals surface area contributed by atoms with Gasteiger partial charge in [-0.25, -0.2) is 0 Å². The van der Waals surface area contributed by atoms with E-state index in [1.807, 2.05) is 0 Å². The molecule has 2 aliphatic carbocycles. The van der Waals surface area contributed by atoms with Gasteiger partial charge in [0.15, 0.2) is 0 Å². The van der Waals surface area contributed by atoms with Crippen LogP contribution in [-0.4, -0.2) is 6.71 Å². The Bertz CT molecular complexity index is 3410. The highest BCUT2D eigenvalue weighted by Gasteiger charge is 2.49. The van der Waals surface area contributed by atoms with E-state index in [0.29, 0.717) is 5.56 Å². The first kappa shape index (κ1) is 37.6. The summed E-state index contributed by atoms with van der Waals surface area (Å²) in [6.07, 6.45) is 4.44. The smallest absolute Gasteiger partial charge is 0.297 e. The average Bonchev–Trinajstić information content (AvgIpc) is 3.68. The highest BCUT2D eigenvalue weighted by Crippen LogP contribution is 2.54. The summed E-state index contributed by atoms with van der Waals surface area (Å²) in [5.41, 5.74) is 19.3. The number of nitrogens with zero attached hydrogens (tertiary/aromatic N) is 2. The first-order valence-electron chi connectivity index (χ1n) is 27.0. The van der Waals surface area contributed by atoms with Gasteiger partial charge in [0.1, 0.15) is 5.58 Å². The van der Waals surface area contributed by atoms with Crippen LogP contribution in [-0.2, 0) is 27.1 Å². The fourth-order valence-corrected chi connectivity index (χ4v) is 12.1. The van der Waals surface area contributed by atoms with Crippen LogP contribution >= 0.6 is 0 Å². The molecule has 3 nitrogen and oxygen atoms in total. The van der Waals surface area contributed by atoms with Crippen molar-refractivity contribution >= 4 is 68.4 Å². The van der Waals surface area contributed by atoms with Crippen LogP contribution in [0.4, 0.5) is 34.1 Å². The van der Waals surface area contributed by atoms with E-state index >= 15 is 0 Å². The SMILES string of the molecule is [2H]c1c([2H])c([2H])c(-c2cc(C(C)(C)C)ccc2N2c3cc(C(C)C)ccc3B3c4oc5cc6c(cc5c4N(c4ccc5c(c4)C(C)(C)CCC5(C)C)c4cc(C)cc2c43)C(C)(C)CCC6(C)C)c([2H])c1[2H]. The van der Waals surface area contributed by atoms with Crippen molar-refractivity contribution in [3.05, 3.63) is 148 Å². The second kappa shape index (κ2) is 14.3. The van der Waals surface area contributed by atoms with Crippen molar-refractivity contribution in [1.82, 2.24) is 0 Å². The van der Waals surface area contributed by atoms with Gasteiger partial charge in [0.05, 0.1) is 23.9 Å². The molecule has 0 unspecified atom stereocenters. The van der Waals surface area contributed by atoms with Gasteiger partial charge in [-0.3, -0.25) is 0 Å². The molecule has 2 aliphatic heterocycles. The number of rotatable bonds is 4. The van der Waals surface area contributed by atoms with Gasteiger partial charge in [-0.1, -0.05) is 144 Å². The van der Waals surface area contributed by atoms with E-state index in [4.69, 9.17) is 8.53 Å². The molecule has 4 heteroatoms. The van der Waals surface area contributed by atoms with E-state index in [9.17, 15) is 2.74 Å². The van der Waals surface area contributed by atoms with Crippen LogP contribution in [0, 0.1) is 6.92 Å². The molecule has 0 radical (unpaired) electrons. The minimum atomic E-state index is -0.401. The second-order valence-electron chi connectivity index (χ2n) is 24.2. The summed E-state index contributed by atoms with van der Waals surface area (Å²) in [5.74, 6) is 0.222. The predicted octanol–water partition coefficient (Wildman–Crippen LogP) is 15.6. The molecule has 4 aliphatic rings. The number of hydrogen-bond donors (Lipinski definition) is 0. The Morgan fingerprint density at radius 2 is 1.23 bits per heavy atom. The summed E-state index contributed by atoms with van der Waals surface area (Å²) in [4.78, 5) is 4.85. The molecule has 0 N–H and O–H groups in total. The van der Waals surface area contributed by atoms with Gasteiger partial charge in [0, 0.05) is 33.7 Å². The minimum absolute atomic E-state index is 0.0121. The van der Waals surface area contributed by atoms with Crippen molar-refractivity contribution in [3.8, 4) is 11.1 Å². The fourth-order valence-electron chi connectivity index (χ4n) is 12.1. The van der Waals surface area contributed by atoms with E-state index in [-0.39, 0.29) is 69.4 Å². The summed E-state index contributed by atoms with van der Waals surface area (Å²) in [5, 5.41) is 1.12. The van der Waals surface area contributed by atoms with E-state index in [0.717, 1.165) is 98.5 Å². The Morgan fingerprint density at radius 1 is 0.621 bits per heavy atom. The maximum atomic E-state index is 9.40. The van der Waals surface area contributed by atoms with Gasteiger partial charge in [-0.2, -0.15) is 0 Å². The molecule has 7 aromatic rings. The molecule has 1 aromatic heterocycles. The standard InChI is InChI=1S/C62H69BN2O/c1-37(2)40-20-24-49-51(32-40)65(50-25-21-41(58(4,5)6)33-43(50)39-18-16-15-17-19-39)53-31-38(3)30-52-55(53)63(49)57-56(44-35-47-48(36-54(44)66-57)62(13,14)29-28-61(47,11)12)64(52)42-22-23-45-46(34-42)60(9,10)27-26-59(45,7)8/h15-25,30-37H,26-29H2,1-14H3/i15D,16D,17D,18D,19D. The van der Waals surface area contributed by atoms with Crippen molar-refractivity contribution in [2.75, 3.05) is 9.80 Å². The second-order valence-corrected chi connectivity index (χ2v) is 24.2. The fraction of sp³-hybridized carbons (Fsp3) is 0.387. The number of hydrogen-bond acceptors (Lipinski definition) is 3. The number of aryl methyl sites for hydroxylation is 1. The number of benzene rings is 6. The zero-order valence-corrected chi connectivity index (χ0v) is 41.8. The lowest BCUT2D eigenvalue weighted by Crippen LogP contribution is -2.61. The van der Waals surface area contributed by atoms with Gasteiger partial charge >= 0.3 is 0 Å². The molecule has 0 amide bonds. The Hall–Kier alpha value is -5.48. The predicted molar refractivity (Wildman–Crippen MR) is 284 cm³/mol. The highest BCUT2D eigenvalue weighted by atomic mass is 16.3. The van der Waals surface area contributed by atoms with Crippen molar-refractivity contribution in [3.63, 3.8) is 0 Å². The summed E-state index contributed by atoms with van der Waals surface area (Å²) in [7, 11) is 0. The van der Waals surface area contributed by atoms with Gasteiger partial charge in [0.2, 0.25) is 0 Å². The Labute approximate surface area is 402 Å². The Balaban J connectivity index is 1.28. The van der Waals surface area contributed by atoms with Crippen LogP contribution in [0.3, 0.4) is 0 Å². The van der Waals surface area contributed by atoms with E-state index in [1.54, 1.807) is 0 Å². The quantitative estimate of drug-likeness (QED) is 0.164. The molecular weight excluding hydrogens is 800 g/mol. The van der Waals surface area contributed by atoms with Crippen LogP contribution < -0.4 is 26.4 Å². The lowest BCUT2D eigenvalue weighted by molar-refractivity contribution is 0.332. The van der Waals surface area contributed by atoms with Crippen LogP contribution in [0.5, 0.6) is 0 Å². The van der Waals surface area contributed by atoms with Crippen molar-refractivity contribution < 1.29 is 11.3 Å². The van der Waals surface area contributed by atoms with Crippen LogP contribution in [0.2, 0.25) is 0 Å². The number of fused-ring (bicyclic) bond motifs is 8. The summed E-state index contributed by atoms with van der Waals surface area (Å²) in [6.45, 7) is 32.0. The molecule has 0 bridgehead atoms. The summed E-state index contributed by atoms with van der Waals surface area (Å²) in [6, 6.07) is 28.4. The Morgan fingerprint density at radius 3 is 1.86 bits per heavy atom. The molecule has 0 fully saturated rings. The van der Waals surface area contributed by atoms with Crippen molar-refractivity contribution in [2.45, 2.75) is 156 Å². The maximum Gasteiger partial charge on any atom is 0.297 e. The van der Waals surface area contributed by atoms with Crippen molar-refractivity contribution in [1.29, 1.82) is 0 Å².